The van der Waals surface area contributed by atoms with Crippen LogP contribution in [0.4, 0.5) is 0 Å². The molecule has 3 nitrogen and oxygen atoms in total. The molecular formula is C16H26O3. The zero-order valence-corrected chi connectivity index (χ0v) is 12.5. The molecule has 1 rings (SSSR count). The Balaban J connectivity index is 2.56. The first-order chi connectivity index (χ1) is 9.00. The molecule has 1 aromatic rings. The van der Waals surface area contributed by atoms with E-state index < -0.39 is 0 Å². The van der Waals surface area contributed by atoms with Crippen LogP contribution >= 0.6 is 0 Å². The minimum absolute atomic E-state index is 0.123. The zero-order valence-electron chi connectivity index (χ0n) is 12.5. The van der Waals surface area contributed by atoms with Gasteiger partial charge in [-0.3, -0.25) is 0 Å². The maximum atomic E-state index is 9.51. The molecule has 1 atom stereocenters. The Morgan fingerprint density at radius 2 is 2.00 bits per heavy atom. The summed E-state index contributed by atoms with van der Waals surface area (Å²) >= 11 is 0. The van der Waals surface area contributed by atoms with Crippen LogP contribution in [0.15, 0.2) is 24.3 Å². The van der Waals surface area contributed by atoms with Crippen LogP contribution in [-0.4, -0.2) is 31.5 Å². The molecule has 19 heavy (non-hydrogen) atoms. The number of rotatable bonds is 8. The van der Waals surface area contributed by atoms with Gasteiger partial charge in [-0.1, -0.05) is 12.1 Å². The summed E-state index contributed by atoms with van der Waals surface area (Å²) in [5.41, 5.74) is 1.08. The first kappa shape index (κ1) is 16.0. The quantitative estimate of drug-likeness (QED) is 0.786. The van der Waals surface area contributed by atoms with Gasteiger partial charge in [0.15, 0.2) is 0 Å². The van der Waals surface area contributed by atoms with Crippen LogP contribution in [0.1, 0.15) is 32.3 Å². The summed E-state index contributed by atoms with van der Waals surface area (Å²) in [7, 11) is 3.40. The fourth-order valence-electron chi connectivity index (χ4n) is 2.04. The van der Waals surface area contributed by atoms with Gasteiger partial charge in [-0.15, -0.1) is 0 Å². The van der Waals surface area contributed by atoms with Crippen molar-refractivity contribution in [3.8, 4) is 5.75 Å². The van der Waals surface area contributed by atoms with E-state index in [9.17, 15) is 5.11 Å². The Hall–Kier alpha value is -1.06. The van der Waals surface area contributed by atoms with Gasteiger partial charge in [0.05, 0.1) is 12.7 Å². The van der Waals surface area contributed by atoms with E-state index in [-0.39, 0.29) is 18.1 Å². The van der Waals surface area contributed by atoms with Gasteiger partial charge in [-0.2, -0.15) is 0 Å². The molecule has 108 valence electrons. The van der Waals surface area contributed by atoms with Gasteiger partial charge < -0.3 is 14.6 Å². The van der Waals surface area contributed by atoms with Crippen LogP contribution < -0.4 is 4.74 Å². The molecule has 1 N–H and O–H groups in total. The van der Waals surface area contributed by atoms with Crippen molar-refractivity contribution in [1.29, 1.82) is 0 Å². The molecule has 0 aromatic heterocycles. The SMILES string of the molecule is COc1cccc(CC(CO)CCC(C)(C)OC)c1. The molecule has 0 fully saturated rings. The van der Waals surface area contributed by atoms with E-state index in [0.29, 0.717) is 0 Å². The van der Waals surface area contributed by atoms with Crippen molar-refractivity contribution < 1.29 is 14.6 Å². The fourth-order valence-corrected chi connectivity index (χ4v) is 2.04. The highest BCUT2D eigenvalue weighted by molar-refractivity contribution is 5.28. The first-order valence-corrected chi connectivity index (χ1v) is 6.79. The highest BCUT2D eigenvalue weighted by atomic mass is 16.5. The lowest BCUT2D eigenvalue weighted by atomic mass is 9.90. The monoisotopic (exact) mass is 266 g/mol. The van der Waals surface area contributed by atoms with E-state index in [4.69, 9.17) is 9.47 Å². The second kappa shape index (κ2) is 7.51. The summed E-state index contributed by atoms with van der Waals surface area (Å²) in [6, 6.07) is 8.03. The number of aliphatic hydroxyl groups excluding tert-OH is 1. The third kappa shape index (κ3) is 5.62. The smallest absolute Gasteiger partial charge is 0.119 e. The minimum Gasteiger partial charge on any atom is -0.497 e. The predicted octanol–water partition coefficient (Wildman–Crippen LogP) is 3.05. The normalized spacial score (nSPS) is 13.3. The molecule has 0 heterocycles. The van der Waals surface area contributed by atoms with Gasteiger partial charge in [-0.25, -0.2) is 0 Å². The molecule has 0 radical (unpaired) electrons. The highest BCUT2D eigenvalue weighted by Crippen LogP contribution is 2.23. The van der Waals surface area contributed by atoms with Gasteiger partial charge in [0.1, 0.15) is 5.75 Å². The lowest BCUT2D eigenvalue weighted by Gasteiger charge is -2.25. The largest absolute Gasteiger partial charge is 0.497 e. The summed E-state index contributed by atoms with van der Waals surface area (Å²) in [6.07, 6.45) is 2.76. The zero-order chi connectivity index (χ0) is 14.3. The van der Waals surface area contributed by atoms with Crippen molar-refractivity contribution in [1.82, 2.24) is 0 Å². The van der Waals surface area contributed by atoms with E-state index >= 15 is 0 Å². The molecule has 0 bridgehead atoms. The maximum absolute atomic E-state index is 9.51. The lowest BCUT2D eigenvalue weighted by Crippen LogP contribution is -2.24. The van der Waals surface area contributed by atoms with E-state index in [1.807, 2.05) is 18.2 Å². The van der Waals surface area contributed by atoms with E-state index in [2.05, 4.69) is 19.9 Å². The number of ether oxygens (including phenoxy) is 2. The highest BCUT2D eigenvalue weighted by Gasteiger charge is 2.19. The molecule has 0 aliphatic heterocycles. The summed E-state index contributed by atoms with van der Waals surface area (Å²) in [5, 5.41) is 9.51. The van der Waals surface area contributed by atoms with Crippen LogP contribution in [0.3, 0.4) is 0 Å². The van der Waals surface area contributed by atoms with Crippen molar-refractivity contribution in [2.75, 3.05) is 20.8 Å². The van der Waals surface area contributed by atoms with Gasteiger partial charge in [0, 0.05) is 13.7 Å². The first-order valence-electron chi connectivity index (χ1n) is 6.79. The Morgan fingerprint density at radius 1 is 1.26 bits per heavy atom. The van der Waals surface area contributed by atoms with Crippen molar-refractivity contribution in [3.05, 3.63) is 29.8 Å². The van der Waals surface area contributed by atoms with Gasteiger partial charge in [-0.05, 0) is 56.7 Å². The Kier molecular flexibility index (Phi) is 6.32. The molecule has 0 aliphatic carbocycles. The Morgan fingerprint density at radius 3 is 2.58 bits per heavy atom. The topological polar surface area (TPSA) is 38.7 Å². The molecule has 0 aliphatic rings. The molecule has 0 amide bonds. The molecule has 0 spiro atoms. The van der Waals surface area contributed by atoms with E-state index in [1.54, 1.807) is 14.2 Å². The van der Waals surface area contributed by atoms with Crippen LogP contribution in [-0.2, 0) is 11.2 Å². The standard InChI is InChI=1S/C16H26O3/c1-16(2,19-4)9-8-14(12-17)10-13-6-5-7-15(11-13)18-3/h5-7,11,14,17H,8-10,12H2,1-4H3. The molecule has 3 heteroatoms. The lowest BCUT2D eigenvalue weighted by molar-refractivity contribution is 0.00826. The van der Waals surface area contributed by atoms with Crippen molar-refractivity contribution in [3.63, 3.8) is 0 Å². The number of hydrogen-bond acceptors (Lipinski definition) is 3. The van der Waals surface area contributed by atoms with E-state index in [0.717, 1.165) is 25.0 Å². The summed E-state index contributed by atoms with van der Waals surface area (Å²) in [4.78, 5) is 0. The molecule has 1 aromatic carbocycles. The van der Waals surface area contributed by atoms with Gasteiger partial charge >= 0.3 is 0 Å². The van der Waals surface area contributed by atoms with Crippen LogP contribution in [0.5, 0.6) is 5.75 Å². The molecule has 0 saturated carbocycles. The summed E-state index contributed by atoms with van der Waals surface area (Å²) in [5.74, 6) is 1.13. The second-order valence-electron chi connectivity index (χ2n) is 5.61. The number of aliphatic hydroxyl groups is 1. The summed E-state index contributed by atoms with van der Waals surface area (Å²) < 4.78 is 10.6. The van der Waals surface area contributed by atoms with Gasteiger partial charge in [0.2, 0.25) is 0 Å². The molecule has 0 saturated heterocycles. The maximum Gasteiger partial charge on any atom is 0.119 e. The fraction of sp³-hybridized carbons (Fsp3) is 0.625. The number of methoxy groups -OCH3 is 2. The second-order valence-corrected chi connectivity index (χ2v) is 5.61. The van der Waals surface area contributed by atoms with Gasteiger partial charge in [0.25, 0.3) is 0 Å². The predicted molar refractivity (Wildman–Crippen MR) is 77.6 cm³/mol. The molecular weight excluding hydrogens is 240 g/mol. The average Bonchev–Trinajstić information content (AvgIpc) is 2.43. The van der Waals surface area contributed by atoms with Crippen LogP contribution in [0.2, 0.25) is 0 Å². The Labute approximate surface area is 116 Å². The van der Waals surface area contributed by atoms with E-state index in [1.165, 1.54) is 5.56 Å². The Bertz CT molecular complexity index is 374. The number of hydrogen-bond donors (Lipinski definition) is 1. The minimum atomic E-state index is -0.123. The van der Waals surface area contributed by atoms with Crippen molar-refractivity contribution in [2.45, 2.75) is 38.7 Å². The average molecular weight is 266 g/mol. The van der Waals surface area contributed by atoms with Crippen molar-refractivity contribution >= 4 is 0 Å². The van der Waals surface area contributed by atoms with Crippen LogP contribution in [0.25, 0.3) is 0 Å². The van der Waals surface area contributed by atoms with Crippen LogP contribution in [0, 0.1) is 5.92 Å². The third-order valence-corrected chi connectivity index (χ3v) is 3.62. The third-order valence-electron chi connectivity index (χ3n) is 3.62. The summed E-state index contributed by atoms with van der Waals surface area (Å²) in [6.45, 7) is 4.36. The van der Waals surface area contributed by atoms with Crippen molar-refractivity contribution in [2.24, 2.45) is 5.92 Å². The molecule has 1 unspecified atom stereocenters. The number of benzene rings is 1.